The molecule has 2 aliphatic heterocycles. The van der Waals surface area contributed by atoms with E-state index >= 15 is 0 Å². The Kier molecular flexibility index (Phi) is 3.54. The minimum atomic E-state index is -0.0680. The number of carbonyl (C=O) groups excluding carboxylic acids is 1. The topological polar surface area (TPSA) is 69.0 Å². The zero-order chi connectivity index (χ0) is 16.1. The third kappa shape index (κ3) is 2.32. The van der Waals surface area contributed by atoms with Gasteiger partial charge in [-0.15, -0.1) is 11.3 Å². The fraction of sp³-hybridized carbons (Fsp3) is 0.438. The summed E-state index contributed by atoms with van der Waals surface area (Å²) in [6.07, 6.45) is 5.19. The molecule has 0 unspecified atom stereocenters. The van der Waals surface area contributed by atoms with Gasteiger partial charge in [-0.1, -0.05) is 0 Å². The molecule has 1 aromatic carbocycles. The molecule has 0 radical (unpaired) electrons. The SMILES string of the molecule is Cc1nc2c(Br)ccc(C(=O)N[C@@H]3C[C@@H]4CC[C@H]3N4C#N)c2s1. The number of hydrogen-bond donors (Lipinski definition) is 1. The summed E-state index contributed by atoms with van der Waals surface area (Å²) in [6.45, 7) is 1.94. The van der Waals surface area contributed by atoms with Crippen LogP contribution in [0.1, 0.15) is 34.6 Å². The lowest BCUT2D eigenvalue weighted by Crippen LogP contribution is -2.43. The van der Waals surface area contributed by atoms with E-state index in [9.17, 15) is 10.1 Å². The maximum absolute atomic E-state index is 12.8. The monoisotopic (exact) mass is 390 g/mol. The molecule has 3 atom stereocenters. The van der Waals surface area contributed by atoms with Gasteiger partial charge in [0.05, 0.1) is 32.9 Å². The van der Waals surface area contributed by atoms with Gasteiger partial charge in [0.2, 0.25) is 0 Å². The molecule has 1 aromatic heterocycles. The summed E-state index contributed by atoms with van der Waals surface area (Å²) in [5.74, 6) is -0.0680. The standard InChI is InChI=1S/C16H15BrN4OS/c1-8-19-14-11(17)4-3-10(15(14)23-8)16(22)20-12-6-9-2-5-13(12)21(9)7-18/h3-4,9,12-13H,2,5-6H2,1H3,(H,20,22)/t9-,12+,13+/m0/s1. The van der Waals surface area contributed by atoms with E-state index in [0.29, 0.717) is 11.6 Å². The van der Waals surface area contributed by atoms with Crippen LogP contribution in [-0.4, -0.2) is 33.9 Å². The van der Waals surface area contributed by atoms with E-state index in [4.69, 9.17) is 0 Å². The second-order valence-electron chi connectivity index (χ2n) is 6.13. The van der Waals surface area contributed by atoms with Crippen molar-refractivity contribution in [2.75, 3.05) is 0 Å². The fourth-order valence-corrected chi connectivity index (χ4v) is 5.31. The Bertz CT molecular complexity index is 842. The van der Waals surface area contributed by atoms with Crippen LogP contribution < -0.4 is 5.32 Å². The Morgan fingerprint density at radius 3 is 3.09 bits per heavy atom. The Hall–Kier alpha value is -1.65. The Morgan fingerprint density at radius 2 is 2.35 bits per heavy atom. The summed E-state index contributed by atoms with van der Waals surface area (Å²) in [7, 11) is 0. The number of aromatic nitrogens is 1. The van der Waals surface area contributed by atoms with Crippen LogP contribution in [-0.2, 0) is 0 Å². The van der Waals surface area contributed by atoms with Crippen molar-refractivity contribution < 1.29 is 4.79 Å². The number of fused-ring (bicyclic) bond motifs is 3. The average Bonchev–Trinajstić information content (AvgIpc) is 3.19. The number of thiazole rings is 1. The maximum atomic E-state index is 12.8. The van der Waals surface area contributed by atoms with Crippen LogP contribution in [0.2, 0.25) is 0 Å². The molecule has 0 aliphatic carbocycles. The molecule has 3 heterocycles. The van der Waals surface area contributed by atoms with E-state index in [0.717, 1.165) is 39.0 Å². The quantitative estimate of drug-likeness (QED) is 0.799. The van der Waals surface area contributed by atoms with E-state index in [1.807, 2.05) is 24.0 Å². The van der Waals surface area contributed by atoms with Gasteiger partial charge in [0.25, 0.3) is 5.91 Å². The van der Waals surface area contributed by atoms with Crippen LogP contribution in [0.3, 0.4) is 0 Å². The van der Waals surface area contributed by atoms with E-state index in [-0.39, 0.29) is 18.0 Å². The number of benzene rings is 1. The summed E-state index contributed by atoms with van der Waals surface area (Å²) in [4.78, 5) is 19.1. The number of amides is 1. The first-order valence-electron chi connectivity index (χ1n) is 7.63. The molecule has 23 heavy (non-hydrogen) atoms. The van der Waals surface area contributed by atoms with Crippen molar-refractivity contribution >= 4 is 43.4 Å². The Labute approximate surface area is 146 Å². The lowest BCUT2D eigenvalue weighted by Gasteiger charge is -2.22. The number of aryl methyl sites for hydroxylation is 1. The van der Waals surface area contributed by atoms with Crippen LogP contribution in [0.15, 0.2) is 16.6 Å². The molecule has 0 spiro atoms. The molecule has 1 amide bonds. The molecule has 2 bridgehead atoms. The minimum Gasteiger partial charge on any atom is -0.347 e. The highest BCUT2D eigenvalue weighted by Crippen LogP contribution is 2.37. The lowest BCUT2D eigenvalue weighted by molar-refractivity contribution is 0.0930. The van der Waals surface area contributed by atoms with Crippen molar-refractivity contribution in [2.24, 2.45) is 0 Å². The van der Waals surface area contributed by atoms with Crippen molar-refractivity contribution in [3.8, 4) is 6.19 Å². The largest absolute Gasteiger partial charge is 0.347 e. The number of carbonyl (C=O) groups is 1. The van der Waals surface area contributed by atoms with Gasteiger partial charge in [0.1, 0.15) is 0 Å². The Morgan fingerprint density at radius 1 is 1.52 bits per heavy atom. The Balaban J connectivity index is 1.61. The first kappa shape index (κ1) is 14.9. The molecule has 0 saturated carbocycles. The number of nitriles is 1. The highest BCUT2D eigenvalue weighted by atomic mass is 79.9. The van der Waals surface area contributed by atoms with Gasteiger partial charge in [0, 0.05) is 10.5 Å². The third-order valence-electron chi connectivity index (χ3n) is 4.81. The third-order valence-corrected chi connectivity index (χ3v) is 6.46. The van der Waals surface area contributed by atoms with Crippen molar-refractivity contribution in [1.82, 2.24) is 15.2 Å². The van der Waals surface area contributed by atoms with Gasteiger partial charge in [-0.25, -0.2) is 4.98 Å². The average molecular weight is 391 g/mol. The number of rotatable bonds is 2. The highest BCUT2D eigenvalue weighted by Gasteiger charge is 2.46. The van der Waals surface area contributed by atoms with Gasteiger partial charge in [-0.3, -0.25) is 4.79 Å². The zero-order valence-corrected chi connectivity index (χ0v) is 14.9. The van der Waals surface area contributed by atoms with Gasteiger partial charge < -0.3 is 10.2 Å². The van der Waals surface area contributed by atoms with Gasteiger partial charge in [0.15, 0.2) is 6.19 Å². The van der Waals surface area contributed by atoms with E-state index in [1.54, 1.807) is 0 Å². The van der Waals surface area contributed by atoms with E-state index < -0.39 is 0 Å². The molecule has 4 rings (SSSR count). The molecule has 5 nitrogen and oxygen atoms in total. The van der Waals surface area contributed by atoms with Crippen LogP contribution in [0.4, 0.5) is 0 Å². The zero-order valence-electron chi connectivity index (χ0n) is 12.5. The molecule has 1 N–H and O–H groups in total. The summed E-state index contributed by atoms with van der Waals surface area (Å²) in [6, 6.07) is 4.23. The maximum Gasteiger partial charge on any atom is 0.253 e. The summed E-state index contributed by atoms with van der Waals surface area (Å²) >= 11 is 5.03. The van der Waals surface area contributed by atoms with Crippen LogP contribution >= 0.6 is 27.3 Å². The predicted molar refractivity (Wildman–Crippen MR) is 92.2 cm³/mol. The van der Waals surface area contributed by atoms with Crippen molar-refractivity contribution in [3.63, 3.8) is 0 Å². The first-order chi connectivity index (χ1) is 11.1. The van der Waals surface area contributed by atoms with Crippen LogP contribution in [0, 0.1) is 18.4 Å². The van der Waals surface area contributed by atoms with Gasteiger partial charge in [-0.2, -0.15) is 5.26 Å². The molecule has 118 valence electrons. The van der Waals surface area contributed by atoms with Crippen LogP contribution in [0.5, 0.6) is 0 Å². The second kappa shape index (κ2) is 5.46. The highest BCUT2D eigenvalue weighted by molar-refractivity contribution is 9.10. The smallest absolute Gasteiger partial charge is 0.253 e. The summed E-state index contributed by atoms with van der Waals surface area (Å²) < 4.78 is 1.82. The molecular weight excluding hydrogens is 376 g/mol. The minimum absolute atomic E-state index is 0.0635. The molecule has 2 fully saturated rings. The second-order valence-corrected chi connectivity index (χ2v) is 8.18. The van der Waals surface area contributed by atoms with Crippen molar-refractivity contribution in [1.29, 1.82) is 5.26 Å². The number of halogens is 1. The van der Waals surface area contributed by atoms with E-state index in [1.165, 1.54) is 11.3 Å². The normalized spacial score (nSPS) is 25.8. The molecule has 2 saturated heterocycles. The lowest BCUT2D eigenvalue weighted by atomic mass is 9.95. The molecule has 2 aromatic rings. The molecular formula is C16H15BrN4OS. The van der Waals surface area contributed by atoms with Crippen molar-refractivity contribution in [2.45, 2.75) is 44.3 Å². The van der Waals surface area contributed by atoms with Gasteiger partial charge in [-0.05, 0) is 54.2 Å². The molecule has 7 heteroatoms. The fourth-order valence-electron chi connectivity index (χ4n) is 3.81. The number of nitrogens with one attached hydrogen (secondary N) is 1. The summed E-state index contributed by atoms with van der Waals surface area (Å²) in [5.41, 5.74) is 1.51. The van der Waals surface area contributed by atoms with Crippen molar-refractivity contribution in [3.05, 3.63) is 27.2 Å². The number of hydrogen-bond acceptors (Lipinski definition) is 5. The number of nitrogens with zero attached hydrogens (tertiary/aromatic N) is 3. The first-order valence-corrected chi connectivity index (χ1v) is 9.24. The molecule has 2 aliphatic rings. The van der Waals surface area contributed by atoms with Gasteiger partial charge >= 0.3 is 0 Å². The predicted octanol–water partition coefficient (Wildman–Crippen LogP) is 3.18. The van der Waals surface area contributed by atoms with Crippen LogP contribution in [0.25, 0.3) is 10.2 Å². The van der Waals surface area contributed by atoms with E-state index in [2.05, 4.69) is 32.4 Å². The summed E-state index contributed by atoms with van der Waals surface area (Å²) in [5, 5.41) is 13.3.